The van der Waals surface area contributed by atoms with Crippen LogP contribution in [0.25, 0.3) is 11.3 Å². The van der Waals surface area contributed by atoms with Crippen molar-refractivity contribution in [1.82, 2.24) is 10.5 Å². The van der Waals surface area contributed by atoms with Gasteiger partial charge in [-0.15, -0.1) is 0 Å². The van der Waals surface area contributed by atoms with E-state index in [0.717, 1.165) is 49.0 Å². The summed E-state index contributed by atoms with van der Waals surface area (Å²) in [4.78, 5) is 12.0. The summed E-state index contributed by atoms with van der Waals surface area (Å²) in [7, 11) is 0. The Hall–Kier alpha value is -2.50. The first-order valence-corrected chi connectivity index (χ1v) is 10.3. The van der Waals surface area contributed by atoms with Crippen molar-refractivity contribution in [2.75, 3.05) is 19.8 Å². The third-order valence-corrected chi connectivity index (χ3v) is 4.40. The summed E-state index contributed by atoms with van der Waals surface area (Å²) in [6.07, 6.45) is 4.92. The van der Waals surface area contributed by atoms with E-state index in [4.69, 9.17) is 14.0 Å². The summed E-state index contributed by atoms with van der Waals surface area (Å²) in [6.45, 7) is 10.0. The normalized spacial score (nSPS) is 10.7. The van der Waals surface area contributed by atoms with Crippen LogP contribution in [0.3, 0.4) is 0 Å². The maximum Gasteiger partial charge on any atom is 0.273 e. The van der Waals surface area contributed by atoms with Crippen molar-refractivity contribution in [3.05, 3.63) is 29.5 Å². The molecule has 1 aromatic carbocycles. The SMILES string of the molecule is CCCCOc1cc(OCCCC)c(-c2cc(C(=O)NCC)no2)cc1CC. The van der Waals surface area contributed by atoms with Gasteiger partial charge in [0.25, 0.3) is 5.91 Å². The second-order valence-electron chi connectivity index (χ2n) is 6.65. The lowest BCUT2D eigenvalue weighted by molar-refractivity contribution is 0.0947. The number of ether oxygens (including phenoxy) is 2. The maximum atomic E-state index is 12.0. The van der Waals surface area contributed by atoms with E-state index in [9.17, 15) is 4.79 Å². The number of carbonyl (C=O) groups excluding carboxylic acids is 1. The number of nitrogens with one attached hydrogen (secondary N) is 1. The van der Waals surface area contributed by atoms with E-state index in [0.29, 0.717) is 31.3 Å². The van der Waals surface area contributed by atoms with E-state index in [1.165, 1.54) is 0 Å². The molecule has 0 fully saturated rings. The number of hydrogen-bond acceptors (Lipinski definition) is 5. The molecule has 1 amide bonds. The molecular formula is C22H32N2O4. The fourth-order valence-corrected chi connectivity index (χ4v) is 2.74. The fourth-order valence-electron chi connectivity index (χ4n) is 2.74. The van der Waals surface area contributed by atoms with Crippen LogP contribution < -0.4 is 14.8 Å². The Labute approximate surface area is 167 Å². The second kappa shape index (κ2) is 11.4. The highest BCUT2D eigenvalue weighted by Gasteiger charge is 2.19. The molecule has 0 saturated heterocycles. The smallest absolute Gasteiger partial charge is 0.273 e. The van der Waals surface area contributed by atoms with Gasteiger partial charge in [0.15, 0.2) is 11.5 Å². The van der Waals surface area contributed by atoms with Gasteiger partial charge in [0.2, 0.25) is 0 Å². The van der Waals surface area contributed by atoms with E-state index >= 15 is 0 Å². The van der Waals surface area contributed by atoms with Crippen LogP contribution in [0.2, 0.25) is 0 Å². The van der Waals surface area contributed by atoms with Gasteiger partial charge in [-0.05, 0) is 37.8 Å². The predicted molar refractivity (Wildman–Crippen MR) is 110 cm³/mol. The number of amides is 1. The molecule has 1 heterocycles. The number of aryl methyl sites for hydroxylation is 1. The van der Waals surface area contributed by atoms with Crippen LogP contribution in [0.15, 0.2) is 22.7 Å². The Morgan fingerprint density at radius 1 is 1.00 bits per heavy atom. The number of benzene rings is 1. The van der Waals surface area contributed by atoms with Gasteiger partial charge in [-0.1, -0.05) is 38.8 Å². The maximum absolute atomic E-state index is 12.0. The summed E-state index contributed by atoms with van der Waals surface area (Å²) >= 11 is 0. The summed E-state index contributed by atoms with van der Waals surface area (Å²) in [5.41, 5.74) is 2.13. The van der Waals surface area contributed by atoms with Gasteiger partial charge in [-0.2, -0.15) is 0 Å². The van der Waals surface area contributed by atoms with Crippen LogP contribution >= 0.6 is 0 Å². The Kier molecular flexibility index (Phi) is 8.85. The largest absolute Gasteiger partial charge is 0.493 e. The lowest BCUT2D eigenvalue weighted by atomic mass is 10.0. The Morgan fingerprint density at radius 2 is 1.68 bits per heavy atom. The molecule has 6 heteroatoms. The monoisotopic (exact) mass is 388 g/mol. The van der Waals surface area contributed by atoms with Crippen molar-refractivity contribution < 1.29 is 18.8 Å². The highest BCUT2D eigenvalue weighted by molar-refractivity contribution is 5.93. The van der Waals surface area contributed by atoms with Crippen molar-refractivity contribution in [3.8, 4) is 22.8 Å². The number of unbranched alkanes of at least 4 members (excludes halogenated alkanes) is 2. The summed E-state index contributed by atoms with van der Waals surface area (Å²) < 4.78 is 17.5. The molecule has 1 N–H and O–H groups in total. The molecule has 0 spiro atoms. The van der Waals surface area contributed by atoms with E-state index in [1.807, 2.05) is 19.1 Å². The number of hydrogen-bond donors (Lipinski definition) is 1. The third-order valence-electron chi connectivity index (χ3n) is 4.40. The van der Waals surface area contributed by atoms with Crippen LogP contribution in [-0.4, -0.2) is 30.8 Å². The molecule has 6 nitrogen and oxygen atoms in total. The molecule has 2 aromatic rings. The van der Waals surface area contributed by atoms with Gasteiger partial charge in [-0.25, -0.2) is 0 Å². The topological polar surface area (TPSA) is 73.6 Å². The van der Waals surface area contributed by atoms with Crippen LogP contribution in [0.1, 0.15) is 69.4 Å². The minimum Gasteiger partial charge on any atom is -0.493 e. The van der Waals surface area contributed by atoms with Gasteiger partial charge in [0, 0.05) is 18.7 Å². The van der Waals surface area contributed by atoms with Crippen molar-refractivity contribution in [3.63, 3.8) is 0 Å². The molecule has 0 unspecified atom stereocenters. The minimum atomic E-state index is -0.249. The predicted octanol–water partition coefficient (Wildman–Crippen LogP) is 5.01. The van der Waals surface area contributed by atoms with E-state index < -0.39 is 0 Å². The van der Waals surface area contributed by atoms with Crippen molar-refractivity contribution in [2.45, 2.75) is 59.8 Å². The van der Waals surface area contributed by atoms with Gasteiger partial charge in [0.1, 0.15) is 11.5 Å². The number of aromatic nitrogens is 1. The summed E-state index contributed by atoms with van der Waals surface area (Å²) in [5, 5.41) is 6.64. The minimum absolute atomic E-state index is 0.249. The van der Waals surface area contributed by atoms with Crippen LogP contribution in [0.5, 0.6) is 11.5 Å². The molecule has 28 heavy (non-hydrogen) atoms. The lowest BCUT2D eigenvalue weighted by Gasteiger charge is -2.16. The Balaban J connectivity index is 2.38. The summed E-state index contributed by atoms with van der Waals surface area (Å²) in [5.74, 6) is 1.80. The molecule has 154 valence electrons. The quantitative estimate of drug-likeness (QED) is 0.517. The number of carbonyl (C=O) groups is 1. The fraction of sp³-hybridized carbons (Fsp3) is 0.545. The second-order valence-corrected chi connectivity index (χ2v) is 6.65. The van der Waals surface area contributed by atoms with Crippen molar-refractivity contribution in [1.29, 1.82) is 0 Å². The van der Waals surface area contributed by atoms with E-state index in [2.05, 4.69) is 31.2 Å². The molecule has 0 radical (unpaired) electrons. The van der Waals surface area contributed by atoms with Crippen molar-refractivity contribution in [2.24, 2.45) is 0 Å². The molecule has 0 aliphatic heterocycles. The highest BCUT2D eigenvalue weighted by atomic mass is 16.5. The zero-order chi connectivity index (χ0) is 20.4. The first kappa shape index (κ1) is 21.8. The number of rotatable bonds is 12. The summed E-state index contributed by atoms with van der Waals surface area (Å²) in [6, 6.07) is 5.61. The average molecular weight is 389 g/mol. The molecule has 0 saturated carbocycles. The molecular weight excluding hydrogens is 356 g/mol. The number of nitrogens with zero attached hydrogens (tertiary/aromatic N) is 1. The van der Waals surface area contributed by atoms with Gasteiger partial charge >= 0.3 is 0 Å². The van der Waals surface area contributed by atoms with Gasteiger partial charge < -0.3 is 19.3 Å². The van der Waals surface area contributed by atoms with Crippen LogP contribution in [0.4, 0.5) is 0 Å². The lowest BCUT2D eigenvalue weighted by Crippen LogP contribution is -2.22. The zero-order valence-electron chi connectivity index (χ0n) is 17.5. The van der Waals surface area contributed by atoms with Crippen LogP contribution in [0, 0.1) is 0 Å². The van der Waals surface area contributed by atoms with E-state index in [-0.39, 0.29) is 11.6 Å². The van der Waals surface area contributed by atoms with Gasteiger partial charge in [-0.3, -0.25) is 4.79 Å². The molecule has 0 atom stereocenters. The molecule has 0 aliphatic carbocycles. The van der Waals surface area contributed by atoms with Crippen LogP contribution in [-0.2, 0) is 6.42 Å². The molecule has 1 aromatic heterocycles. The molecule has 2 rings (SSSR count). The average Bonchev–Trinajstić information content (AvgIpc) is 3.19. The third kappa shape index (κ3) is 5.75. The van der Waals surface area contributed by atoms with Crippen molar-refractivity contribution >= 4 is 5.91 Å². The standard InChI is InChI=1S/C22H32N2O4/c1-5-9-11-26-19-15-20(27-12-10-6-2)17(13-16(19)7-3)21-14-18(24-28-21)22(25)23-8-4/h13-15H,5-12H2,1-4H3,(H,23,25). The first-order valence-electron chi connectivity index (χ1n) is 10.3. The molecule has 0 bridgehead atoms. The van der Waals surface area contributed by atoms with Gasteiger partial charge in [0.05, 0.1) is 18.8 Å². The Bertz CT molecular complexity index is 755. The zero-order valence-corrected chi connectivity index (χ0v) is 17.5. The first-order chi connectivity index (χ1) is 13.6. The highest BCUT2D eigenvalue weighted by Crippen LogP contribution is 2.37. The Morgan fingerprint density at radius 3 is 2.29 bits per heavy atom. The molecule has 0 aliphatic rings. The van der Waals surface area contributed by atoms with E-state index in [1.54, 1.807) is 6.07 Å².